The molecule has 0 amide bonds. The highest BCUT2D eigenvalue weighted by atomic mass is 79.9. The maximum atomic E-state index is 10.8. The van der Waals surface area contributed by atoms with E-state index in [4.69, 9.17) is 10.2 Å². The van der Waals surface area contributed by atoms with Gasteiger partial charge in [0.2, 0.25) is 0 Å². The number of rotatable bonds is 1. The summed E-state index contributed by atoms with van der Waals surface area (Å²) in [5.41, 5.74) is 1.10. The van der Waals surface area contributed by atoms with Crippen LogP contribution < -0.4 is 0 Å². The second kappa shape index (κ2) is 3.63. The second-order valence-corrected chi connectivity index (χ2v) is 3.86. The van der Waals surface area contributed by atoms with Crippen LogP contribution in [0.2, 0.25) is 0 Å². The molecule has 0 aliphatic heterocycles. The third kappa shape index (κ3) is 1.62. The highest BCUT2D eigenvalue weighted by molar-refractivity contribution is 9.10. The van der Waals surface area contributed by atoms with Crippen LogP contribution in [0.3, 0.4) is 0 Å². The van der Waals surface area contributed by atoms with Crippen molar-refractivity contribution in [2.24, 2.45) is 0 Å². The predicted octanol–water partition coefficient (Wildman–Crippen LogP) is 1.82. The van der Waals surface area contributed by atoms with Crippen molar-refractivity contribution in [3.8, 4) is 0 Å². The summed E-state index contributed by atoms with van der Waals surface area (Å²) in [7, 11) is 0. The van der Waals surface area contributed by atoms with E-state index < -0.39 is 6.09 Å². The molecule has 0 spiro atoms. The summed E-state index contributed by atoms with van der Waals surface area (Å²) in [6.07, 6.45) is 0.321. The van der Waals surface area contributed by atoms with Crippen LogP contribution in [0.1, 0.15) is 5.56 Å². The highest BCUT2D eigenvalue weighted by Gasteiger charge is 2.11. The van der Waals surface area contributed by atoms with Gasteiger partial charge in [-0.05, 0) is 17.7 Å². The van der Waals surface area contributed by atoms with E-state index in [9.17, 15) is 4.79 Å². The Balaban J connectivity index is 2.78. The number of fused-ring (bicyclic) bond motifs is 1. The number of carboxylic acid groups (broad SMARTS) is 1. The fraction of sp³-hybridized carbons (Fsp3) is 0.111. The van der Waals surface area contributed by atoms with Gasteiger partial charge < -0.3 is 10.2 Å². The van der Waals surface area contributed by atoms with Crippen molar-refractivity contribution in [3.63, 3.8) is 0 Å². The first-order chi connectivity index (χ1) is 7.13. The maximum absolute atomic E-state index is 10.8. The molecule has 0 unspecified atom stereocenters. The van der Waals surface area contributed by atoms with Gasteiger partial charge in [-0.15, -0.1) is 0 Å². The van der Waals surface area contributed by atoms with E-state index in [2.05, 4.69) is 21.0 Å². The van der Waals surface area contributed by atoms with E-state index in [1.165, 1.54) is 6.20 Å². The van der Waals surface area contributed by atoms with Crippen LogP contribution in [0.25, 0.3) is 10.9 Å². The SMILES string of the molecule is O=C(O)n1ncc2c(Br)cc(CO)cc21. The van der Waals surface area contributed by atoms with Gasteiger partial charge in [0, 0.05) is 9.86 Å². The van der Waals surface area contributed by atoms with Crippen molar-refractivity contribution >= 4 is 32.9 Å². The molecule has 0 aliphatic carbocycles. The van der Waals surface area contributed by atoms with Gasteiger partial charge in [-0.3, -0.25) is 0 Å². The summed E-state index contributed by atoms with van der Waals surface area (Å²) in [5, 5.41) is 22.3. The lowest BCUT2D eigenvalue weighted by Crippen LogP contribution is -2.09. The monoisotopic (exact) mass is 270 g/mol. The van der Waals surface area contributed by atoms with Gasteiger partial charge in [-0.1, -0.05) is 15.9 Å². The molecule has 0 radical (unpaired) electrons. The van der Waals surface area contributed by atoms with Crippen LogP contribution in [0.15, 0.2) is 22.8 Å². The van der Waals surface area contributed by atoms with E-state index >= 15 is 0 Å². The molecule has 2 N–H and O–H groups in total. The summed E-state index contributed by atoms with van der Waals surface area (Å²) >= 11 is 3.29. The summed E-state index contributed by atoms with van der Waals surface area (Å²) in [5.74, 6) is 0. The molecule has 0 aliphatic rings. The predicted molar refractivity (Wildman–Crippen MR) is 56.8 cm³/mol. The Bertz CT molecular complexity index is 535. The highest BCUT2D eigenvalue weighted by Crippen LogP contribution is 2.25. The molecule has 78 valence electrons. The van der Waals surface area contributed by atoms with Crippen molar-refractivity contribution in [2.45, 2.75) is 6.61 Å². The number of halogens is 1. The van der Waals surface area contributed by atoms with E-state index in [0.717, 1.165) is 9.15 Å². The molecule has 0 atom stereocenters. The average Bonchev–Trinajstić information content (AvgIpc) is 2.61. The summed E-state index contributed by atoms with van der Waals surface area (Å²) in [6, 6.07) is 3.33. The molecule has 1 aromatic carbocycles. The molecule has 2 aromatic rings. The minimum atomic E-state index is -1.15. The molecule has 1 aromatic heterocycles. The van der Waals surface area contributed by atoms with Gasteiger partial charge in [0.1, 0.15) is 0 Å². The zero-order valence-corrected chi connectivity index (χ0v) is 9.10. The van der Waals surface area contributed by atoms with Gasteiger partial charge in [0.25, 0.3) is 0 Å². The second-order valence-electron chi connectivity index (χ2n) is 3.01. The number of aliphatic hydroxyl groups excluding tert-OH is 1. The number of aliphatic hydroxyl groups is 1. The minimum Gasteiger partial charge on any atom is -0.463 e. The van der Waals surface area contributed by atoms with Crippen molar-refractivity contribution in [1.29, 1.82) is 0 Å². The molecule has 6 heteroatoms. The zero-order chi connectivity index (χ0) is 11.0. The Kier molecular flexibility index (Phi) is 2.45. The molecule has 0 saturated heterocycles. The van der Waals surface area contributed by atoms with Crippen LogP contribution in [0.5, 0.6) is 0 Å². The molecule has 15 heavy (non-hydrogen) atoms. The zero-order valence-electron chi connectivity index (χ0n) is 7.51. The summed E-state index contributed by atoms with van der Waals surface area (Å²) < 4.78 is 1.59. The van der Waals surface area contributed by atoms with Crippen LogP contribution in [0.4, 0.5) is 4.79 Å². The van der Waals surface area contributed by atoms with E-state index in [1.54, 1.807) is 12.1 Å². The largest absolute Gasteiger partial charge is 0.463 e. The molecule has 0 saturated carbocycles. The summed E-state index contributed by atoms with van der Waals surface area (Å²) in [4.78, 5) is 10.8. The van der Waals surface area contributed by atoms with Crippen molar-refractivity contribution in [3.05, 3.63) is 28.4 Å². The smallest absolute Gasteiger partial charge is 0.432 e. The molecule has 0 fully saturated rings. The lowest BCUT2D eigenvalue weighted by molar-refractivity contribution is 0.194. The van der Waals surface area contributed by atoms with Gasteiger partial charge in [-0.2, -0.15) is 9.78 Å². The Morgan fingerprint density at radius 3 is 2.87 bits per heavy atom. The van der Waals surface area contributed by atoms with Crippen molar-refractivity contribution in [1.82, 2.24) is 9.78 Å². The van der Waals surface area contributed by atoms with E-state index in [1.807, 2.05) is 0 Å². The Morgan fingerprint density at radius 2 is 2.27 bits per heavy atom. The number of hydrogen-bond acceptors (Lipinski definition) is 3. The first kappa shape index (κ1) is 10.1. The molecule has 0 bridgehead atoms. The van der Waals surface area contributed by atoms with Gasteiger partial charge >= 0.3 is 6.09 Å². The normalized spacial score (nSPS) is 10.8. The molecule has 1 heterocycles. The standard InChI is InChI=1S/C9H7BrN2O3/c10-7-1-5(4-13)2-8-6(7)3-11-12(8)9(14)15/h1-3,13H,4H2,(H,14,15). The van der Waals surface area contributed by atoms with Crippen LogP contribution in [-0.4, -0.2) is 26.1 Å². The number of hydrogen-bond donors (Lipinski definition) is 2. The number of carbonyl (C=O) groups is 1. The van der Waals surface area contributed by atoms with Gasteiger partial charge in [0.15, 0.2) is 0 Å². The van der Waals surface area contributed by atoms with E-state index in [-0.39, 0.29) is 6.61 Å². The Morgan fingerprint density at radius 1 is 1.53 bits per heavy atom. The lowest BCUT2D eigenvalue weighted by atomic mass is 10.2. The Labute approximate surface area is 93.1 Å². The molecular formula is C9H7BrN2O3. The third-order valence-corrected chi connectivity index (χ3v) is 2.72. The van der Waals surface area contributed by atoms with Crippen LogP contribution >= 0.6 is 15.9 Å². The van der Waals surface area contributed by atoms with Gasteiger partial charge in [-0.25, -0.2) is 4.79 Å². The van der Waals surface area contributed by atoms with Crippen LogP contribution in [0, 0.1) is 0 Å². The number of nitrogens with zero attached hydrogens (tertiary/aromatic N) is 2. The van der Waals surface area contributed by atoms with E-state index in [0.29, 0.717) is 16.5 Å². The third-order valence-electron chi connectivity index (χ3n) is 2.06. The molecular weight excluding hydrogens is 264 g/mol. The first-order valence-corrected chi connectivity index (χ1v) is 4.93. The van der Waals surface area contributed by atoms with Crippen molar-refractivity contribution < 1.29 is 15.0 Å². The summed E-state index contributed by atoms with van der Waals surface area (Å²) in [6.45, 7) is -0.140. The minimum absolute atomic E-state index is 0.140. The molecule has 2 rings (SSSR count). The first-order valence-electron chi connectivity index (χ1n) is 4.14. The van der Waals surface area contributed by atoms with Gasteiger partial charge in [0.05, 0.1) is 18.3 Å². The topological polar surface area (TPSA) is 75.3 Å². The lowest BCUT2D eigenvalue weighted by Gasteiger charge is -2.01. The number of benzene rings is 1. The number of aromatic nitrogens is 2. The Hall–Kier alpha value is -1.40. The fourth-order valence-corrected chi connectivity index (χ4v) is 1.98. The fourth-order valence-electron chi connectivity index (χ4n) is 1.38. The average molecular weight is 271 g/mol. The van der Waals surface area contributed by atoms with Crippen molar-refractivity contribution in [2.75, 3.05) is 0 Å². The maximum Gasteiger partial charge on any atom is 0.432 e. The van der Waals surface area contributed by atoms with Crippen LogP contribution in [-0.2, 0) is 6.61 Å². The molecule has 5 nitrogen and oxygen atoms in total. The quantitative estimate of drug-likeness (QED) is 0.829.